The Labute approximate surface area is 203 Å². The molecule has 1 atom stereocenters. The van der Waals surface area contributed by atoms with Gasteiger partial charge in [-0.3, -0.25) is 4.79 Å². The molecule has 0 spiro atoms. The summed E-state index contributed by atoms with van der Waals surface area (Å²) in [6.07, 6.45) is 4.61. The number of allylic oxidation sites excluding steroid dienone is 1. The molecule has 3 heterocycles. The van der Waals surface area contributed by atoms with Crippen LogP contribution in [0.4, 0.5) is 14.6 Å². The second-order valence-corrected chi connectivity index (χ2v) is 10.8. The SMILES string of the molecule is CC1(C)OB(C2=CCC(CNc3ncccc3C(=O)NCc3ccc(F)c(F)c3)S2)OC1(C)C. The van der Waals surface area contributed by atoms with Gasteiger partial charge in [0.05, 0.1) is 16.8 Å². The van der Waals surface area contributed by atoms with E-state index in [1.165, 1.54) is 6.07 Å². The molecule has 10 heteroatoms. The van der Waals surface area contributed by atoms with Crippen molar-refractivity contribution >= 4 is 30.6 Å². The third-order valence-corrected chi connectivity index (χ3v) is 7.68. The van der Waals surface area contributed by atoms with E-state index < -0.39 is 11.6 Å². The molecule has 0 aliphatic carbocycles. The van der Waals surface area contributed by atoms with Crippen LogP contribution in [0.15, 0.2) is 47.4 Å². The van der Waals surface area contributed by atoms with Crippen LogP contribution >= 0.6 is 11.8 Å². The lowest BCUT2D eigenvalue weighted by Crippen LogP contribution is -2.41. The molecule has 2 N–H and O–H groups in total. The van der Waals surface area contributed by atoms with Crippen molar-refractivity contribution in [1.82, 2.24) is 10.3 Å². The molecular weight excluding hydrogens is 459 g/mol. The number of halogens is 2. The second-order valence-electron chi connectivity index (χ2n) is 9.38. The van der Waals surface area contributed by atoms with E-state index in [4.69, 9.17) is 9.31 Å². The fourth-order valence-electron chi connectivity index (χ4n) is 3.64. The molecule has 1 fully saturated rings. The summed E-state index contributed by atoms with van der Waals surface area (Å²) in [5, 5.41) is 6.25. The normalized spacial score (nSPS) is 20.8. The van der Waals surface area contributed by atoms with Crippen LogP contribution in [0.25, 0.3) is 0 Å². The van der Waals surface area contributed by atoms with Crippen LogP contribution in [-0.2, 0) is 15.9 Å². The van der Waals surface area contributed by atoms with Crippen LogP contribution in [-0.4, -0.2) is 41.0 Å². The summed E-state index contributed by atoms with van der Waals surface area (Å²) in [5.74, 6) is -1.75. The quantitative estimate of drug-likeness (QED) is 0.551. The van der Waals surface area contributed by atoms with Crippen LogP contribution < -0.4 is 10.6 Å². The first kappa shape index (κ1) is 24.7. The first-order valence-corrected chi connectivity index (χ1v) is 12.1. The Morgan fingerprint density at radius 3 is 2.62 bits per heavy atom. The number of hydrogen-bond donors (Lipinski definition) is 2. The predicted octanol–water partition coefficient (Wildman–Crippen LogP) is 4.72. The van der Waals surface area contributed by atoms with Crippen LogP contribution in [0, 0.1) is 11.6 Å². The minimum Gasteiger partial charge on any atom is -0.399 e. The van der Waals surface area contributed by atoms with E-state index >= 15 is 0 Å². The molecule has 2 aromatic rings. The highest BCUT2D eigenvalue weighted by atomic mass is 32.2. The number of amides is 1. The third kappa shape index (κ3) is 5.29. The van der Waals surface area contributed by atoms with Crippen LogP contribution in [0.3, 0.4) is 0 Å². The molecule has 4 rings (SSSR count). The Hall–Kier alpha value is -2.43. The number of thioether (sulfide) groups is 1. The zero-order chi connectivity index (χ0) is 24.5. The smallest absolute Gasteiger partial charge is 0.399 e. The van der Waals surface area contributed by atoms with Gasteiger partial charge in [0.1, 0.15) is 5.82 Å². The van der Waals surface area contributed by atoms with Gasteiger partial charge >= 0.3 is 7.12 Å². The van der Waals surface area contributed by atoms with Crippen molar-refractivity contribution in [3.8, 4) is 0 Å². The second kappa shape index (κ2) is 9.68. The highest BCUT2D eigenvalue weighted by Crippen LogP contribution is 2.44. The van der Waals surface area contributed by atoms with Crippen molar-refractivity contribution < 1.29 is 22.9 Å². The Bertz CT molecular complexity index is 1100. The Balaban J connectivity index is 1.32. The minimum atomic E-state index is -0.946. The monoisotopic (exact) mass is 487 g/mol. The van der Waals surface area contributed by atoms with E-state index in [9.17, 15) is 13.6 Å². The van der Waals surface area contributed by atoms with Crippen molar-refractivity contribution in [3.05, 3.63) is 70.2 Å². The van der Waals surface area contributed by atoms with Crippen molar-refractivity contribution in [2.45, 2.75) is 57.1 Å². The van der Waals surface area contributed by atoms with Crippen LogP contribution in [0.5, 0.6) is 0 Å². The molecule has 2 aliphatic rings. The Morgan fingerprint density at radius 1 is 1.18 bits per heavy atom. The molecule has 1 amide bonds. The lowest BCUT2D eigenvalue weighted by atomic mass is 9.89. The van der Waals surface area contributed by atoms with E-state index in [0.29, 0.717) is 23.5 Å². The van der Waals surface area contributed by atoms with Crippen molar-refractivity contribution in [1.29, 1.82) is 0 Å². The molecule has 0 saturated carbocycles. The molecule has 1 unspecified atom stereocenters. The first-order valence-electron chi connectivity index (χ1n) is 11.2. The molecule has 0 radical (unpaired) electrons. The average Bonchev–Trinajstić information content (AvgIpc) is 3.34. The van der Waals surface area contributed by atoms with Crippen LogP contribution in [0.2, 0.25) is 0 Å². The summed E-state index contributed by atoms with van der Waals surface area (Å²) in [6.45, 7) is 8.81. The summed E-state index contributed by atoms with van der Waals surface area (Å²) in [5.41, 5.74) is 0.0814. The van der Waals surface area contributed by atoms with Gasteiger partial charge in [0.2, 0.25) is 0 Å². The number of carbonyl (C=O) groups is 1. The van der Waals surface area contributed by atoms with Gasteiger partial charge in [0, 0.05) is 29.3 Å². The van der Waals surface area contributed by atoms with Gasteiger partial charge in [0.25, 0.3) is 5.91 Å². The van der Waals surface area contributed by atoms with Gasteiger partial charge in [-0.1, -0.05) is 12.1 Å². The number of pyridine rings is 1. The zero-order valence-corrected chi connectivity index (χ0v) is 20.5. The topological polar surface area (TPSA) is 72.5 Å². The van der Waals surface area contributed by atoms with Crippen LogP contribution in [0.1, 0.15) is 50.0 Å². The number of nitrogens with one attached hydrogen (secondary N) is 2. The van der Waals surface area contributed by atoms with Gasteiger partial charge in [-0.25, -0.2) is 13.8 Å². The van der Waals surface area contributed by atoms with Gasteiger partial charge in [0.15, 0.2) is 11.6 Å². The van der Waals surface area contributed by atoms with Crippen molar-refractivity contribution in [2.75, 3.05) is 11.9 Å². The number of aromatic nitrogens is 1. The van der Waals surface area contributed by atoms with E-state index in [2.05, 4.69) is 21.7 Å². The van der Waals surface area contributed by atoms with E-state index in [-0.39, 0.29) is 36.0 Å². The van der Waals surface area contributed by atoms with Gasteiger partial charge in [-0.05, 0) is 63.9 Å². The molecule has 34 heavy (non-hydrogen) atoms. The maximum atomic E-state index is 13.4. The molecule has 180 valence electrons. The molecular formula is C24H28BF2N3O3S. The lowest BCUT2D eigenvalue weighted by molar-refractivity contribution is 0.00578. The minimum absolute atomic E-state index is 0.0736. The average molecular weight is 487 g/mol. The lowest BCUT2D eigenvalue weighted by Gasteiger charge is -2.32. The standard InChI is InChI=1S/C24H28BF2N3O3S/c1-23(2)24(3,4)33-25(32-23)20-10-8-16(34-20)14-29-21-17(6-5-11-28-21)22(31)30-13-15-7-9-18(26)19(27)12-15/h5-7,9-12,16H,8,13-14H2,1-4H3,(H,28,29)(H,30,31). The summed E-state index contributed by atoms with van der Waals surface area (Å²) in [7, 11) is -0.368. The molecule has 0 bridgehead atoms. The predicted molar refractivity (Wildman–Crippen MR) is 130 cm³/mol. The number of hydrogen-bond acceptors (Lipinski definition) is 6. The largest absolute Gasteiger partial charge is 0.501 e. The Morgan fingerprint density at radius 2 is 1.91 bits per heavy atom. The first-order chi connectivity index (χ1) is 16.1. The summed E-state index contributed by atoms with van der Waals surface area (Å²) >= 11 is 1.71. The molecule has 1 aromatic heterocycles. The van der Waals surface area contributed by atoms with Gasteiger partial charge in [-0.2, -0.15) is 0 Å². The van der Waals surface area contributed by atoms with Crippen molar-refractivity contribution in [3.63, 3.8) is 0 Å². The third-order valence-electron chi connectivity index (χ3n) is 6.36. The highest BCUT2D eigenvalue weighted by Gasteiger charge is 2.53. The molecule has 2 aliphatic heterocycles. The summed E-state index contributed by atoms with van der Waals surface area (Å²) < 4.78 is 38.8. The summed E-state index contributed by atoms with van der Waals surface area (Å²) in [4.78, 5) is 18.1. The van der Waals surface area contributed by atoms with Gasteiger partial charge in [-0.15, -0.1) is 11.8 Å². The fraction of sp³-hybridized carbons (Fsp3) is 0.417. The number of carbonyl (C=O) groups excluding carboxylic acids is 1. The zero-order valence-electron chi connectivity index (χ0n) is 19.7. The number of nitrogens with zero attached hydrogens (tertiary/aromatic N) is 1. The van der Waals surface area contributed by atoms with Crippen molar-refractivity contribution in [2.24, 2.45) is 0 Å². The van der Waals surface area contributed by atoms with E-state index in [0.717, 1.165) is 23.4 Å². The maximum Gasteiger partial charge on any atom is 0.501 e. The molecule has 6 nitrogen and oxygen atoms in total. The maximum absolute atomic E-state index is 13.4. The molecule has 1 aromatic carbocycles. The fourth-order valence-corrected chi connectivity index (χ4v) is 4.78. The highest BCUT2D eigenvalue weighted by molar-refractivity contribution is 8.05. The number of benzene rings is 1. The number of anilines is 1. The van der Waals surface area contributed by atoms with E-state index in [1.54, 1.807) is 30.1 Å². The van der Waals surface area contributed by atoms with E-state index in [1.807, 2.05) is 27.7 Å². The Kier molecular flexibility index (Phi) is 7.03. The number of rotatable bonds is 7. The van der Waals surface area contributed by atoms with Gasteiger partial charge < -0.3 is 19.9 Å². The molecule has 1 saturated heterocycles. The summed E-state index contributed by atoms with van der Waals surface area (Å²) in [6, 6.07) is 6.90.